The molecule has 0 radical (unpaired) electrons. The highest BCUT2D eigenvalue weighted by Gasteiger charge is 2.43. The highest BCUT2D eigenvalue weighted by molar-refractivity contribution is 9.10. The fourth-order valence-electron chi connectivity index (χ4n) is 2.72. The van der Waals surface area contributed by atoms with Crippen LogP contribution in [0.15, 0.2) is 9.53 Å². The van der Waals surface area contributed by atoms with Crippen molar-refractivity contribution < 1.29 is 56.3 Å². The predicted molar refractivity (Wildman–Crippen MR) is 105 cm³/mol. The Labute approximate surface area is 184 Å². The summed E-state index contributed by atoms with van der Waals surface area (Å²) in [7, 11) is -16.6. The van der Waals surface area contributed by atoms with Crippen LogP contribution >= 0.6 is 39.4 Å². The molecule has 8 N–H and O–H groups in total. The van der Waals surface area contributed by atoms with Crippen LogP contribution in [0.2, 0.25) is 0 Å². The number of halogens is 1. The van der Waals surface area contributed by atoms with Crippen molar-refractivity contribution in [3.63, 3.8) is 0 Å². The van der Waals surface area contributed by atoms with E-state index < -0.39 is 54.1 Å². The number of hydrogen-bond donors (Lipinski definition) is 7. The third-order valence-corrected chi connectivity index (χ3v) is 8.20. The van der Waals surface area contributed by atoms with Crippen molar-refractivity contribution in [2.75, 3.05) is 12.3 Å². The molecule has 2 aromatic heterocycles. The number of H-pyrrole nitrogens is 1. The number of aromatic nitrogens is 4. The first-order valence-electron chi connectivity index (χ1n) is 8.12. The van der Waals surface area contributed by atoms with E-state index >= 15 is 0 Å². The molecule has 0 bridgehead atoms. The minimum absolute atomic E-state index is 0.0175. The van der Waals surface area contributed by atoms with Crippen LogP contribution in [0.4, 0.5) is 5.95 Å². The van der Waals surface area contributed by atoms with Gasteiger partial charge in [-0.15, -0.1) is 0 Å². The lowest BCUT2D eigenvalue weighted by molar-refractivity contribution is -0.0430. The first kappa shape index (κ1) is 25.6. The molecule has 0 aliphatic carbocycles. The Hall–Kier alpha value is -1.04. The topological polar surface area (TPSA) is 279 Å². The van der Waals surface area contributed by atoms with Crippen molar-refractivity contribution in [2.45, 2.75) is 24.9 Å². The Morgan fingerprint density at radius 3 is 2.47 bits per heavy atom. The molecule has 1 aliphatic heterocycles. The number of aromatic amines is 1. The van der Waals surface area contributed by atoms with E-state index in [1.54, 1.807) is 0 Å². The SMILES string of the molecule is Nc1nc2c(nc(Br)n2C2CC(O)C(COP(=O)(O)OP(=O)(O)OP(=O)(O)O)O2)c(=O)[nH]1. The highest BCUT2D eigenvalue weighted by Crippen LogP contribution is 2.66. The molecule has 32 heavy (non-hydrogen) atoms. The number of fused-ring (bicyclic) bond motifs is 1. The molecule has 5 unspecified atom stereocenters. The normalized spacial score (nSPS) is 25.6. The van der Waals surface area contributed by atoms with Gasteiger partial charge in [-0.1, -0.05) is 0 Å². The summed E-state index contributed by atoms with van der Waals surface area (Å²) in [4.78, 5) is 57.8. The summed E-state index contributed by atoms with van der Waals surface area (Å²) < 4.78 is 52.4. The number of nitrogens with one attached hydrogen (secondary N) is 1. The molecular formula is C10H15BrN5O13P3. The van der Waals surface area contributed by atoms with Gasteiger partial charge in [0, 0.05) is 6.42 Å². The second kappa shape index (κ2) is 8.96. The van der Waals surface area contributed by atoms with Gasteiger partial charge in [0.05, 0.1) is 12.7 Å². The van der Waals surface area contributed by atoms with Gasteiger partial charge >= 0.3 is 23.5 Å². The Morgan fingerprint density at radius 2 is 1.84 bits per heavy atom. The quantitative estimate of drug-likeness (QED) is 0.151. The van der Waals surface area contributed by atoms with E-state index in [4.69, 9.17) is 25.2 Å². The maximum atomic E-state index is 12.0. The first-order valence-corrected chi connectivity index (χ1v) is 13.4. The number of phosphoric acid groups is 3. The van der Waals surface area contributed by atoms with Crippen molar-refractivity contribution >= 4 is 56.5 Å². The lowest BCUT2D eigenvalue weighted by Gasteiger charge is -2.19. The molecule has 0 amide bonds. The number of nitrogens with two attached hydrogens (primary N) is 1. The van der Waals surface area contributed by atoms with Gasteiger partial charge in [0.2, 0.25) is 5.95 Å². The molecule has 0 aromatic carbocycles. The zero-order valence-corrected chi connectivity index (χ0v) is 19.6. The maximum absolute atomic E-state index is 12.0. The molecule has 1 fully saturated rings. The average molecular weight is 586 g/mol. The third-order valence-electron chi connectivity index (χ3n) is 3.84. The summed E-state index contributed by atoms with van der Waals surface area (Å²) in [6.07, 6.45) is -3.69. The molecular weight excluding hydrogens is 571 g/mol. The highest BCUT2D eigenvalue weighted by atomic mass is 79.9. The van der Waals surface area contributed by atoms with Gasteiger partial charge in [-0.05, 0) is 15.9 Å². The number of anilines is 1. The summed E-state index contributed by atoms with van der Waals surface area (Å²) in [5, 5.41) is 10.2. The van der Waals surface area contributed by atoms with Gasteiger partial charge in [0.15, 0.2) is 15.9 Å². The van der Waals surface area contributed by atoms with Gasteiger partial charge in [-0.3, -0.25) is 18.9 Å². The number of aliphatic hydroxyl groups is 1. The Balaban J connectivity index is 1.71. The fraction of sp³-hybridized carbons (Fsp3) is 0.500. The molecule has 180 valence electrons. The Morgan fingerprint density at radius 1 is 1.19 bits per heavy atom. The molecule has 0 spiro atoms. The van der Waals surface area contributed by atoms with Crippen molar-refractivity contribution in [2.24, 2.45) is 0 Å². The zero-order chi connectivity index (χ0) is 24.1. The smallest absolute Gasteiger partial charge is 0.390 e. The van der Waals surface area contributed by atoms with Crippen LogP contribution < -0.4 is 11.3 Å². The van der Waals surface area contributed by atoms with Crippen molar-refractivity contribution in [3.05, 3.63) is 15.1 Å². The van der Waals surface area contributed by atoms with Crippen LogP contribution in [0, 0.1) is 0 Å². The average Bonchev–Trinajstić information content (AvgIpc) is 3.09. The van der Waals surface area contributed by atoms with E-state index in [9.17, 15) is 28.5 Å². The molecule has 3 rings (SSSR count). The summed E-state index contributed by atoms with van der Waals surface area (Å²) in [5.41, 5.74) is 4.84. The number of imidazole rings is 1. The summed E-state index contributed by atoms with van der Waals surface area (Å²) in [5.74, 6) is -0.209. The van der Waals surface area contributed by atoms with E-state index in [-0.39, 0.29) is 28.3 Å². The standard InChI is InChI=1S/C10H15BrN5O13P3/c11-9-13-6-7(14-10(12)15-8(6)18)16(9)5-1-3(17)4(27-5)2-26-31(22,23)29-32(24,25)28-30(19,20)21/h3-5,17H,1-2H2,(H,22,23)(H,24,25)(H2,19,20,21)(H3,12,14,15,18). The van der Waals surface area contributed by atoms with Crippen LogP contribution in [-0.4, -0.2) is 63.0 Å². The molecule has 22 heteroatoms. The minimum atomic E-state index is -5.68. The van der Waals surface area contributed by atoms with Crippen LogP contribution in [-0.2, 0) is 31.6 Å². The maximum Gasteiger partial charge on any atom is 0.490 e. The third kappa shape index (κ3) is 6.09. The molecule has 5 atom stereocenters. The van der Waals surface area contributed by atoms with Crippen molar-refractivity contribution in [3.8, 4) is 0 Å². The van der Waals surface area contributed by atoms with Gasteiger partial charge in [0.25, 0.3) is 5.56 Å². The van der Waals surface area contributed by atoms with Crippen LogP contribution in [0.3, 0.4) is 0 Å². The van der Waals surface area contributed by atoms with E-state index in [1.165, 1.54) is 4.57 Å². The lowest BCUT2D eigenvalue weighted by Crippen LogP contribution is -2.26. The van der Waals surface area contributed by atoms with Gasteiger partial charge in [0.1, 0.15) is 12.3 Å². The van der Waals surface area contributed by atoms with Gasteiger partial charge < -0.3 is 35.2 Å². The monoisotopic (exact) mass is 585 g/mol. The minimum Gasteiger partial charge on any atom is -0.390 e. The lowest BCUT2D eigenvalue weighted by atomic mass is 10.2. The number of hydrogen-bond acceptors (Lipinski definition) is 12. The van der Waals surface area contributed by atoms with Gasteiger partial charge in [-0.25, -0.2) is 18.7 Å². The second-order valence-corrected chi connectivity index (χ2v) is 11.3. The summed E-state index contributed by atoms with van der Waals surface area (Å²) in [6, 6.07) is 0. The summed E-state index contributed by atoms with van der Waals surface area (Å²) in [6.45, 7) is -0.859. The predicted octanol–water partition coefficient (Wildman–Crippen LogP) is -0.544. The fourth-order valence-corrected chi connectivity index (χ4v) is 6.33. The molecule has 1 aliphatic rings. The van der Waals surface area contributed by atoms with Crippen molar-refractivity contribution in [1.82, 2.24) is 19.5 Å². The van der Waals surface area contributed by atoms with E-state index in [0.717, 1.165) is 0 Å². The van der Waals surface area contributed by atoms with E-state index in [2.05, 4.69) is 44.0 Å². The van der Waals surface area contributed by atoms with E-state index in [0.29, 0.717) is 0 Å². The summed E-state index contributed by atoms with van der Waals surface area (Å²) >= 11 is 3.13. The van der Waals surface area contributed by atoms with Crippen molar-refractivity contribution in [1.29, 1.82) is 0 Å². The molecule has 18 nitrogen and oxygen atoms in total. The second-order valence-electron chi connectivity index (χ2n) is 6.19. The number of ether oxygens (including phenoxy) is 1. The van der Waals surface area contributed by atoms with Crippen LogP contribution in [0.25, 0.3) is 11.2 Å². The van der Waals surface area contributed by atoms with Crippen LogP contribution in [0.5, 0.6) is 0 Å². The molecule has 3 heterocycles. The van der Waals surface area contributed by atoms with Crippen LogP contribution in [0.1, 0.15) is 12.6 Å². The van der Waals surface area contributed by atoms with E-state index in [1.807, 2.05) is 0 Å². The molecule has 0 saturated carbocycles. The number of nitrogens with zero attached hydrogens (tertiary/aromatic N) is 3. The number of nitrogen functional groups attached to an aromatic ring is 1. The van der Waals surface area contributed by atoms with Gasteiger partial charge in [-0.2, -0.15) is 13.6 Å². The zero-order valence-electron chi connectivity index (χ0n) is 15.3. The largest absolute Gasteiger partial charge is 0.490 e. The molecule has 2 aromatic rings. The Kier molecular flexibility index (Phi) is 7.16. The first-order chi connectivity index (χ1) is 14.6. The number of phosphoric ester groups is 1. The number of rotatable bonds is 8. The Bertz CT molecular complexity index is 1230. The number of aliphatic hydroxyl groups excluding tert-OH is 1. The molecule has 1 saturated heterocycles.